The van der Waals surface area contributed by atoms with Crippen LogP contribution in [0.4, 0.5) is 11.4 Å². The Hall–Kier alpha value is -4.67. The fourth-order valence-electron chi connectivity index (χ4n) is 3.91. The van der Waals surface area contributed by atoms with Crippen LogP contribution in [0, 0.1) is 15.5 Å². The topological polar surface area (TPSA) is 161 Å². The number of aromatic nitrogens is 2. The predicted molar refractivity (Wildman–Crippen MR) is 129 cm³/mol. The minimum absolute atomic E-state index is 0.00191. The number of nitro benzene ring substituents is 1. The van der Waals surface area contributed by atoms with Gasteiger partial charge in [-0.3, -0.25) is 25.1 Å². The lowest BCUT2D eigenvalue weighted by atomic mass is 10.2. The molecule has 174 valence electrons. The van der Waals surface area contributed by atoms with Crippen LogP contribution in [0.3, 0.4) is 0 Å². The second kappa shape index (κ2) is 8.70. The predicted octanol–water partition coefficient (Wildman–Crippen LogP) is 2.89. The minimum atomic E-state index is -0.473. The molecule has 0 saturated heterocycles. The Morgan fingerprint density at radius 1 is 0.971 bits per heavy atom. The van der Waals surface area contributed by atoms with E-state index in [1.54, 1.807) is 53.6 Å². The van der Waals surface area contributed by atoms with Crippen LogP contribution in [0.25, 0.3) is 21.8 Å². The number of benzene rings is 2. The lowest BCUT2D eigenvalue weighted by Gasteiger charge is -2.08. The molecule has 2 amide bonds. The van der Waals surface area contributed by atoms with Crippen LogP contribution >= 0.6 is 0 Å². The van der Waals surface area contributed by atoms with Crippen molar-refractivity contribution in [2.24, 2.45) is 19.8 Å². The first-order valence-corrected chi connectivity index (χ1v) is 10.4. The number of amides is 2. The molecule has 0 radical (unpaired) electrons. The number of nitro groups is 1. The van der Waals surface area contributed by atoms with Gasteiger partial charge >= 0.3 is 0 Å². The Labute approximate surface area is 193 Å². The van der Waals surface area contributed by atoms with Gasteiger partial charge < -0.3 is 25.5 Å². The fraction of sp³-hybridized carbons (Fsp3) is 0.174. The smallest absolute Gasteiger partial charge is 0.272 e. The van der Waals surface area contributed by atoms with E-state index in [4.69, 9.17) is 11.1 Å². The van der Waals surface area contributed by atoms with Crippen LogP contribution in [-0.2, 0) is 14.1 Å². The first kappa shape index (κ1) is 22.5. The van der Waals surface area contributed by atoms with E-state index in [0.29, 0.717) is 28.0 Å². The number of carbonyl (C=O) groups excluding carboxylic acids is 2. The number of carbonyl (C=O) groups is 2. The molecule has 11 nitrogen and oxygen atoms in total. The van der Waals surface area contributed by atoms with Crippen LogP contribution < -0.4 is 16.4 Å². The lowest BCUT2D eigenvalue weighted by molar-refractivity contribution is -0.384. The number of amidine groups is 1. The van der Waals surface area contributed by atoms with Crippen molar-refractivity contribution in [2.45, 2.75) is 6.42 Å². The van der Waals surface area contributed by atoms with Crippen LogP contribution in [0.2, 0.25) is 0 Å². The average Bonchev–Trinajstić information content (AvgIpc) is 3.29. The molecule has 0 bridgehead atoms. The summed E-state index contributed by atoms with van der Waals surface area (Å²) in [6.45, 7) is 0.269. The third kappa shape index (κ3) is 4.18. The maximum atomic E-state index is 13.0. The van der Waals surface area contributed by atoms with E-state index in [2.05, 4.69) is 10.6 Å². The Bertz CT molecular complexity index is 1480. The molecule has 0 fully saturated rings. The number of fused-ring (bicyclic) bond motifs is 2. The lowest BCUT2D eigenvalue weighted by Crippen LogP contribution is -2.28. The van der Waals surface area contributed by atoms with Crippen molar-refractivity contribution in [2.75, 3.05) is 11.9 Å². The van der Waals surface area contributed by atoms with E-state index in [1.165, 1.54) is 12.1 Å². The molecule has 0 aliphatic heterocycles. The van der Waals surface area contributed by atoms with Crippen molar-refractivity contribution >= 4 is 50.8 Å². The van der Waals surface area contributed by atoms with E-state index in [-0.39, 0.29) is 36.3 Å². The van der Waals surface area contributed by atoms with Gasteiger partial charge in [0, 0.05) is 66.7 Å². The van der Waals surface area contributed by atoms with Gasteiger partial charge in [0.25, 0.3) is 17.5 Å². The standard InChI is InChI=1S/C23H23N7O4/c1-28-17-5-3-15(9-13(17)11-19(28)22(31)26-8-7-21(24)25)27-23(32)20-12-14-10-16(30(33)34)4-6-18(14)29(20)2/h3-6,9-12H,7-8H2,1-2H3,(H3,24,25)(H,26,31)(H,27,32). The van der Waals surface area contributed by atoms with Crippen molar-refractivity contribution in [3.8, 4) is 0 Å². The Balaban J connectivity index is 1.57. The highest BCUT2D eigenvalue weighted by molar-refractivity contribution is 6.07. The summed E-state index contributed by atoms with van der Waals surface area (Å²) in [7, 11) is 3.50. The molecule has 0 unspecified atom stereocenters. The zero-order valence-electron chi connectivity index (χ0n) is 18.6. The van der Waals surface area contributed by atoms with E-state index in [1.807, 2.05) is 6.07 Å². The zero-order valence-corrected chi connectivity index (χ0v) is 18.6. The van der Waals surface area contributed by atoms with Gasteiger partial charge in [0.1, 0.15) is 11.4 Å². The number of rotatable bonds is 7. The summed E-state index contributed by atoms with van der Waals surface area (Å²) >= 11 is 0. The summed E-state index contributed by atoms with van der Waals surface area (Å²) in [5.74, 6) is -0.643. The number of hydrogen-bond acceptors (Lipinski definition) is 5. The summed E-state index contributed by atoms with van der Waals surface area (Å²) in [4.78, 5) is 36.0. The van der Waals surface area contributed by atoms with Crippen LogP contribution in [0.1, 0.15) is 27.4 Å². The molecular weight excluding hydrogens is 438 g/mol. The first-order valence-electron chi connectivity index (χ1n) is 10.4. The van der Waals surface area contributed by atoms with E-state index in [9.17, 15) is 19.7 Å². The Morgan fingerprint density at radius 2 is 1.56 bits per heavy atom. The highest BCUT2D eigenvalue weighted by Crippen LogP contribution is 2.26. The molecule has 0 spiro atoms. The molecule has 2 heterocycles. The number of non-ortho nitro benzene ring substituents is 1. The van der Waals surface area contributed by atoms with Crippen molar-refractivity contribution in [1.82, 2.24) is 14.5 Å². The van der Waals surface area contributed by atoms with Crippen LogP contribution in [0.15, 0.2) is 48.5 Å². The second-order valence-corrected chi connectivity index (χ2v) is 7.94. The highest BCUT2D eigenvalue weighted by Gasteiger charge is 2.17. The largest absolute Gasteiger partial charge is 0.388 e. The third-order valence-electron chi connectivity index (χ3n) is 5.68. The Kier molecular flexibility index (Phi) is 5.76. The summed E-state index contributed by atoms with van der Waals surface area (Å²) in [6.07, 6.45) is 0.271. The number of nitrogens with two attached hydrogens (primary N) is 1. The zero-order chi connectivity index (χ0) is 24.6. The molecule has 2 aromatic carbocycles. The van der Waals surface area contributed by atoms with E-state index < -0.39 is 4.92 Å². The van der Waals surface area contributed by atoms with Gasteiger partial charge in [-0.15, -0.1) is 0 Å². The van der Waals surface area contributed by atoms with Crippen molar-refractivity contribution in [3.05, 3.63) is 70.0 Å². The van der Waals surface area contributed by atoms with Gasteiger partial charge in [0.2, 0.25) is 0 Å². The highest BCUT2D eigenvalue weighted by atomic mass is 16.6. The summed E-state index contributed by atoms with van der Waals surface area (Å²) in [5.41, 5.74) is 8.14. The molecule has 2 aromatic heterocycles. The number of nitrogens with zero attached hydrogens (tertiary/aromatic N) is 3. The van der Waals surface area contributed by atoms with Gasteiger partial charge in [-0.2, -0.15) is 0 Å². The Morgan fingerprint density at radius 3 is 2.18 bits per heavy atom. The van der Waals surface area contributed by atoms with Crippen LogP contribution in [-0.4, -0.2) is 38.3 Å². The molecule has 11 heteroatoms. The van der Waals surface area contributed by atoms with Gasteiger partial charge in [0.15, 0.2) is 0 Å². The fourth-order valence-corrected chi connectivity index (χ4v) is 3.91. The quantitative estimate of drug-likeness (QED) is 0.144. The van der Waals surface area contributed by atoms with Crippen molar-refractivity contribution in [1.29, 1.82) is 5.41 Å². The normalized spacial score (nSPS) is 11.0. The molecule has 0 saturated carbocycles. The first-order chi connectivity index (χ1) is 16.2. The number of hydrogen-bond donors (Lipinski definition) is 4. The molecule has 5 N–H and O–H groups in total. The summed E-state index contributed by atoms with van der Waals surface area (Å²) < 4.78 is 3.43. The van der Waals surface area contributed by atoms with Gasteiger partial charge in [0.05, 0.1) is 10.8 Å². The van der Waals surface area contributed by atoms with Gasteiger partial charge in [-0.05, 0) is 36.4 Å². The molecule has 0 atom stereocenters. The molecule has 0 aliphatic carbocycles. The number of aryl methyl sites for hydroxylation is 2. The van der Waals surface area contributed by atoms with Crippen molar-refractivity contribution < 1.29 is 14.5 Å². The summed E-state index contributed by atoms with van der Waals surface area (Å²) in [5, 5.41) is 25.2. The van der Waals surface area contributed by atoms with Crippen LogP contribution in [0.5, 0.6) is 0 Å². The molecule has 4 aromatic rings. The average molecular weight is 461 g/mol. The third-order valence-corrected chi connectivity index (χ3v) is 5.68. The molecular formula is C23H23N7O4. The van der Waals surface area contributed by atoms with Crippen molar-refractivity contribution in [3.63, 3.8) is 0 Å². The van der Waals surface area contributed by atoms with E-state index in [0.717, 1.165) is 10.9 Å². The second-order valence-electron chi connectivity index (χ2n) is 7.94. The number of nitrogens with one attached hydrogen (secondary N) is 3. The maximum Gasteiger partial charge on any atom is 0.272 e. The minimum Gasteiger partial charge on any atom is -0.388 e. The van der Waals surface area contributed by atoms with Gasteiger partial charge in [-0.25, -0.2) is 0 Å². The monoisotopic (exact) mass is 461 g/mol. The number of anilines is 1. The van der Waals surface area contributed by atoms with E-state index >= 15 is 0 Å². The molecule has 4 rings (SSSR count). The molecule has 0 aliphatic rings. The van der Waals surface area contributed by atoms with Gasteiger partial charge in [-0.1, -0.05) is 0 Å². The maximum absolute atomic E-state index is 13.0. The molecule has 34 heavy (non-hydrogen) atoms. The summed E-state index contributed by atoms with van der Waals surface area (Å²) in [6, 6.07) is 13.1. The SMILES string of the molecule is Cn1c(C(=O)NCCC(=N)N)cc2cc(NC(=O)c3cc4cc([N+](=O)[O-])ccc4n3C)ccc21.